The molecule has 0 aliphatic carbocycles. The molecule has 88 valence electrons. The molecule has 0 bridgehead atoms. The van der Waals surface area contributed by atoms with E-state index in [1.807, 2.05) is 0 Å². The van der Waals surface area contributed by atoms with Gasteiger partial charge in [0.1, 0.15) is 15.5 Å². The van der Waals surface area contributed by atoms with Gasteiger partial charge in [-0.05, 0) is 6.92 Å². The summed E-state index contributed by atoms with van der Waals surface area (Å²) in [4.78, 5) is 19.4. The van der Waals surface area contributed by atoms with Crippen molar-refractivity contribution in [1.29, 1.82) is 0 Å². The zero-order valence-electron chi connectivity index (χ0n) is 9.30. The van der Waals surface area contributed by atoms with Crippen LogP contribution in [0.3, 0.4) is 0 Å². The molecule has 0 saturated heterocycles. The summed E-state index contributed by atoms with van der Waals surface area (Å²) in [5.74, 6) is -0.359. The molecule has 0 spiro atoms. The number of aromatic nitrogens is 2. The second kappa shape index (κ2) is 5.16. The summed E-state index contributed by atoms with van der Waals surface area (Å²) >= 11 is 0. The largest absolute Gasteiger partial charge is 0.292 e. The molecule has 0 aliphatic rings. The summed E-state index contributed by atoms with van der Waals surface area (Å²) in [7, 11) is -3.10. The lowest BCUT2D eigenvalue weighted by molar-refractivity contribution is 0.0983. The minimum Gasteiger partial charge on any atom is -0.292 e. The van der Waals surface area contributed by atoms with Gasteiger partial charge in [-0.3, -0.25) is 9.78 Å². The molecule has 1 aromatic heterocycles. The van der Waals surface area contributed by atoms with Crippen LogP contribution in [0, 0.1) is 6.92 Å². The fourth-order valence-corrected chi connectivity index (χ4v) is 1.84. The number of aryl methyl sites for hydroxylation is 1. The van der Waals surface area contributed by atoms with E-state index in [4.69, 9.17) is 0 Å². The fourth-order valence-electron chi connectivity index (χ4n) is 1.06. The van der Waals surface area contributed by atoms with Crippen LogP contribution in [0.4, 0.5) is 0 Å². The van der Waals surface area contributed by atoms with Crippen LogP contribution in [0.2, 0.25) is 0 Å². The molecule has 0 amide bonds. The average Bonchev–Trinajstić information content (AvgIpc) is 2.27. The maximum Gasteiger partial charge on any atom is 0.183 e. The number of Topliss-reactive ketones (excluding diaryl/α,β-unsaturated/α-hetero) is 1. The summed E-state index contributed by atoms with van der Waals surface area (Å²) in [5.41, 5.74) is 0.939. The van der Waals surface area contributed by atoms with Crippen molar-refractivity contribution in [2.24, 2.45) is 0 Å². The fraction of sp³-hybridized carbons (Fsp3) is 0.500. The predicted octanol–water partition coefficient (Wildman–Crippen LogP) is 0.793. The minimum atomic E-state index is -3.10. The van der Waals surface area contributed by atoms with Crippen molar-refractivity contribution in [2.45, 2.75) is 20.3 Å². The number of hydrogen-bond acceptors (Lipinski definition) is 5. The van der Waals surface area contributed by atoms with Crippen molar-refractivity contribution < 1.29 is 13.2 Å². The van der Waals surface area contributed by atoms with E-state index in [1.165, 1.54) is 12.4 Å². The van der Waals surface area contributed by atoms with Gasteiger partial charge in [0.05, 0.1) is 17.6 Å². The number of sulfone groups is 1. The number of rotatable bonds is 5. The van der Waals surface area contributed by atoms with Gasteiger partial charge in [-0.25, -0.2) is 13.4 Å². The molecule has 6 heteroatoms. The van der Waals surface area contributed by atoms with E-state index < -0.39 is 9.84 Å². The van der Waals surface area contributed by atoms with Gasteiger partial charge in [-0.15, -0.1) is 0 Å². The van der Waals surface area contributed by atoms with Gasteiger partial charge in [0.25, 0.3) is 0 Å². The average molecular weight is 242 g/mol. The first-order valence-corrected chi connectivity index (χ1v) is 6.79. The summed E-state index contributed by atoms with van der Waals surface area (Å²) in [5, 5.41) is 0. The van der Waals surface area contributed by atoms with Crippen molar-refractivity contribution in [1.82, 2.24) is 9.97 Å². The molecule has 0 N–H and O–H groups in total. The molecule has 0 saturated carbocycles. The number of hydrogen-bond donors (Lipinski definition) is 0. The summed E-state index contributed by atoms with van der Waals surface area (Å²) in [6.07, 6.45) is 2.83. The van der Waals surface area contributed by atoms with Gasteiger partial charge in [0.2, 0.25) is 0 Å². The molecule has 1 aromatic rings. The summed E-state index contributed by atoms with van der Waals surface area (Å²) < 4.78 is 22.4. The summed E-state index contributed by atoms with van der Waals surface area (Å²) in [6.45, 7) is 3.33. The Hall–Kier alpha value is -1.30. The Labute approximate surface area is 94.8 Å². The van der Waals surface area contributed by atoms with Crippen LogP contribution in [0.5, 0.6) is 0 Å². The highest BCUT2D eigenvalue weighted by molar-refractivity contribution is 7.91. The summed E-state index contributed by atoms with van der Waals surface area (Å²) in [6, 6.07) is 0. The quantitative estimate of drug-likeness (QED) is 0.713. The number of carbonyl (C=O) groups excluding carboxylic acids is 1. The minimum absolute atomic E-state index is 0.0338. The number of carbonyl (C=O) groups is 1. The molecule has 0 unspecified atom stereocenters. The molecule has 16 heavy (non-hydrogen) atoms. The van der Waals surface area contributed by atoms with Crippen molar-refractivity contribution in [3.05, 3.63) is 23.8 Å². The Morgan fingerprint density at radius 3 is 2.50 bits per heavy atom. The SMILES string of the molecule is CCS(=O)(=O)CCC(=O)c1cnc(C)cn1. The standard InChI is InChI=1S/C10H14N2O3S/c1-3-16(14,15)5-4-10(13)9-7-11-8(2)6-12-9/h6-7H,3-5H2,1-2H3. The lowest BCUT2D eigenvalue weighted by Crippen LogP contribution is -2.14. The smallest absolute Gasteiger partial charge is 0.183 e. The van der Waals surface area contributed by atoms with E-state index in [1.54, 1.807) is 13.8 Å². The molecule has 0 fully saturated rings. The van der Waals surface area contributed by atoms with E-state index in [0.717, 1.165) is 5.69 Å². The third-order valence-corrected chi connectivity index (χ3v) is 3.85. The molecule has 0 aromatic carbocycles. The Morgan fingerprint density at radius 2 is 2.00 bits per heavy atom. The normalized spacial score (nSPS) is 11.4. The van der Waals surface area contributed by atoms with Gasteiger partial charge in [-0.1, -0.05) is 6.92 Å². The number of nitrogens with zero attached hydrogens (tertiary/aromatic N) is 2. The molecule has 0 aliphatic heterocycles. The van der Waals surface area contributed by atoms with Gasteiger partial charge < -0.3 is 0 Å². The van der Waals surface area contributed by atoms with Crippen LogP contribution in [0.25, 0.3) is 0 Å². The second-order valence-electron chi connectivity index (χ2n) is 3.45. The van der Waals surface area contributed by atoms with Crippen molar-refractivity contribution in [3.63, 3.8) is 0 Å². The Bertz CT molecular complexity index is 465. The van der Waals surface area contributed by atoms with E-state index in [2.05, 4.69) is 9.97 Å². The maximum atomic E-state index is 11.6. The molecule has 1 rings (SSSR count). The van der Waals surface area contributed by atoms with Crippen LogP contribution in [0.15, 0.2) is 12.4 Å². The first kappa shape index (κ1) is 12.8. The first-order valence-electron chi connectivity index (χ1n) is 4.97. The molecular weight excluding hydrogens is 228 g/mol. The zero-order chi connectivity index (χ0) is 12.2. The van der Waals surface area contributed by atoms with Crippen LogP contribution < -0.4 is 0 Å². The lowest BCUT2D eigenvalue weighted by Gasteiger charge is -2.00. The van der Waals surface area contributed by atoms with E-state index >= 15 is 0 Å². The van der Waals surface area contributed by atoms with Gasteiger partial charge in [0, 0.05) is 18.4 Å². The van der Waals surface area contributed by atoms with Crippen LogP contribution in [-0.2, 0) is 9.84 Å². The van der Waals surface area contributed by atoms with Gasteiger partial charge in [0.15, 0.2) is 5.78 Å². The van der Waals surface area contributed by atoms with E-state index in [-0.39, 0.29) is 29.4 Å². The van der Waals surface area contributed by atoms with Gasteiger partial charge in [-0.2, -0.15) is 0 Å². The van der Waals surface area contributed by atoms with Crippen molar-refractivity contribution in [3.8, 4) is 0 Å². The molecule has 0 atom stereocenters. The third kappa shape index (κ3) is 3.69. The number of ketones is 1. The molecule has 5 nitrogen and oxygen atoms in total. The first-order chi connectivity index (χ1) is 7.44. The Morgan fingerprint density at radius 1 is 1.31 bits per heavy atom. The lowest BCUT2D eigenvalue weighted by atomic mass is 10.2. The molecular formula is C10H14N2O3S. The van der Waals surface area contributed by atoms with Crippen molar-refractivity contribution >= 4 is 15.6 Å². The highest BCUT2D eigenvalue weighted by Gasteiger charge is 2.13. The van der Waals surface area contributed by atoms with E-state index in [9.17, 15) is 13.2 Å². The highest BCUT2D eigenvalue weighted by atomic mass is 32.2. The second-order valence-corrected chi connectivity index (χ2v) is 5.93. The van der Waals surface area contributed by atoms with Crippen LogP contribution in [-0.4, -0.2) is 35.7 Å². The Balaban J connectivity index is 2.63. The van der Waals surface area contributed by atoms with E-state index in [0.29, 0.717) is 0 Å². The highest BCUT2D eigenvalue weighted by Crippen LogP contribution is 2.02. The Kier molecular flexibility index (Phi) is 4.12. The van der Waals surface area contributed by atoms with Crippen LogP contribution >= 0.6 is 0 Å². The molecule has 1 heterocycles. The topological polar surface area (TPSA) is 77.0 Å². The van der Waals surface area contributed by atoms with Crippen LogP contribution in [0.1, 0.15) is 29.5 Å². The van der Waals surface area contributed by atoms with Crippen molar-refractivity contribution in [2.75, 3.05) is 11.5 Å². The third-order valence-electron chi connectivity index (χ3n) is 2.15. The predicted molar refractivity (Wildman–Crippen MR) is 60.0 cm³/mol. The van der Waals surface area contributed by atoms with Gasteiger partial charge >= 0.3 is 0 Å². The zero-order valence-corrected chi connectivity index (χ0v) is 10.1. The monoisotopic (exact) mass is 242 g/mol. The molecule has 0 radical (unpaired) electrons. The maximum absolute atomic E-state index is 11.6.